The Hall–Kier alpha value is -2.31. The Labute approximate surface area is 112 Å². The average Bonchev–Trinajstić information content (AvgIpc) is 2.37. The number of hydrogen-bond donors (Lipinski definition) is 2. The Morgan fingerprint density at radius 1 is 1.30 bits per heavy atom. The third-order valence-corrected chi connectivity index (χ3v) is 2.70. The van der Waals surface area contributed by atoms with E-state index in [-0.39, 0.29) is 11.5 Å². The number of nitrogens with one attached hydrogen (secondary N) is 1. The molecule has 0 aliphatic carbocycles. The minimum Gasteiger partial charge on any atom is -0.383 e. The second-order valence-electron chi connectivity index (χ2n) is 4.23. The molecule has 20 heavy (non-hydrogen) atoms. The maximum Gasteiger partial charge on any atom is 0.390 e. The summed E-state index contributed by atoms with van der Waals surface area (Å²) < 4.78 is 36.0. The third kappa shape index (κ3) is 3.37. The molecule has 0 unspecified atom stereocenters. The predicted molar refractivity (Wildman–Crippen MR) is 69.2 cm³/mol. The highest BCUT2D eigenvalue weighted by Gasteiger charge is 2.26. The van der Waals surface area contributed by atoms with E-state index < -0.39 is 25.0 Å². The number of aromatic nitrogens is 1. The molecule has 0 radical (unpaired) electrons. The molecule has 0 aliphatic rings. The molecule has 1 amide bonds. The van der Waals surface area contributed by atoms with Crippen molar-refractivity contribution in [3.05, 3.63) is 36.0 Å². The second-order valence-corrected chi connectivity index (χ2v) is 4.23. The number of halogens is 3. The van der Waals surface area contributed by atoms with Crippen LogP contribution in [0, 0.1) is 0 Å². The van der Waals surface area contributed by atoms with Gasteiger partial charge in [0, 0.05) is 11.9 Å². The molecule has 0 bridgehead atoms. The highest BCUT2D eigenvalue weighted by molar-refractivity contribution is 5.99. The van der Waals surface area contributed by atoms with Crippen LogP contribution in [0.4, 0.5) is 19.0 Å². The summed E-state index contributed by atoms with van der Waals surface area (Å²) in [7, 11) is 0. The van der Waals surface area contributed by atoms with Crippen LogP contribution in [-0.4, -0.2) is 23.6 Å². The largest absolute Gasteiger partial charge is 0.390 e. The Morgan fingerprint density at radius 3 is 2.70 bits per heavy atom. The summed E-state index contributed by atoms with van der Waals surface area (Å²) >= 11 is 0. The van der Waals surface area contributed by atoms with Crippen LogP contribution in [0.1, 0.15) is 16.9 Å². The summed E-state index contributed by atoms with van der Waals surface area (Å²) in [6.45, 7) is -0.489. The molecule has 4 nitrogen and oxygen atoms in total. The minimum atomic E-state index is -4.30. The summed E-state index contributed by atoms with van der Waals surface area (Å²) in [6.07, 6.45) is -5.38. The number of nitrogens with two attached hydrogens (primary N) is 1. The van der Waals surface area contributed by atoms with Crippen molar-refractivity contribution in [2.24, 2.45) is 0 Å². The average molecular weight is 283 g/mol. The van der Waals surface area contributed by atoms with Gasteiger partial charge >= 0.3 is 6.18 Å². The van der Waals surface area contributed by atoms with Crippen molar-refractivity contribution >= 4 is 22.5 Å². The lowest BCUT2D eigenvalue weighted by Gasteiger charge is -2.09. The molecule has 106 valence electrons. The first-order valence-corrected chi connectivity index (χ1v) is 5.87. The van der Waals surface area contributed by atoms with Crippen molar-refractivity contribution < 1.29 is 18.0 Å². The van der Waals surface area contributed by atoms with Gasteiger partial charge in [-0.15, -0.1) is 0 Å². The van der Waals surface area contributed by atoms with Crippen molar-refractivity contribution in [2.45, 2.75) is 12.6 Å². The van der Waals surface area contributed by atoms with Crippen LogP contribution < -0.4 is 11.1 Å². The maximum atomic E-state index is 12.0. The van der Waals surface area contributed by atoms with Crippen molar-refractivity contribution in [1.29, 1.82) is 0 Å². The van der Waals surface area contributed by atoms with E-state index in [1.165, 1.54) is 6.07 Å². The Kier molecular flexibility index (Phi) is 3.78. The minimum absolute atomic E-state index is 0.00312. The van der Waals surface area contributed by atoms with Crippen molar-refractivity contribution in [3.63, 3.8) is 0 Å². The zero-order valence-electron chi connectivity index (χ0n) is 10.4. The summed E-state index contributed by atoms with van der Waals surface area (Å²) in [6, 6.07) is 8.55. The predicted octanol–water partition coefficient (Wildman–Crippen LogP) is 2.50. The van der Waals surface area contributed by atoms with Gasteiger partial charge in [0.2, 0.25) is 0 Å². The van der Waals surface area contributed by atoms with Gasteiger partial charge in [-0.1, -0.05) is 24.3 Å². The highest BCUT2D eigenvalue weighted by Crippen LogP contribution is 2.20. The van der Waals surface area contributed by atoms with E-state index in [4.69, 9.17) is 5.73 Å². The van der Waals surface area contributed by atoms with Gasteiger partial charge in [0.15, 0.2) is 0 Å². The zero-order valence-corrected chi connectivity index (χ0v) is 10.4. The first-order valence-electron chi connectivity index (χ1n) is 5.87. The molecule has 1 aromatic heterocycles. The van der Waals surface area contributed by atoms with E-state index in [9.17, 15) is 18.0 Å². The number of pyridine rings is 1. The molecule has 0 atom stereocenters. The van der Waals surface area contributed by atoms with Crippen molar-refractivity contribution in [2.75, 3.05) is 12.3 Å². The lowest BCUT2D eigenvalue weighted by Crippen LogP contribution is -2.28. The maximum absolute atomic E-state index is 12.0. The number of fused-ring (bicyclic) bond motifs is 1. The Morgan fingerprint density at radius 2 is 2.00 bits per heavy atom. The van der Waals surface area contributed by atoms with E-state index >= 15 is 0 Å². The molecule has 2 aromatic rings. The standard InChI is InChI=1S/C13H12F3N3O/c14-13(15,16)5-6-18-12(20)10-7-8-3-1-2-4-9(8)11(17)19-10/h1-4,7H,5-6H2,(H2,17,19)(H,18,20). The molecular weight excluding hydrogens is 271 g/mol. The molecule has 0 aliphatic heterocycles. The van der Waals surface area contributed by atoms with Gasteiger partial charge in [-0.25, -0.2) is 4.98 Å². The normalized spacial score (nSPS) is 11.6. The number of amides is 1. The van der Waals surface area contributed by atoms with E-state index in [2.05, 4.69) is 10.3 Å². The number of carbonyl (C=O) groups excluding carboxylic acids is 1. The van der Waals surface area contributed by atoms with Crippen LogP contribution in [0.5, 0.6) is 0 Å². The second kappa shape index (κ2) is 5.36. The quantitative estimate of drug-likeness (QED) is 0.909. The van der Waals surface area contributed by atoms with Gasteiger partial charge in [0.1, 0.15) is 11.5 Å². The topological polar surface area (TPSA) is 68.0 Å². The fourth-order valence-corrected chi connectivity index (χ4v) is 1.75. The molecule has 2 rings (SSSR count). The Balaban J connectivity index is 2.14. The number of carbonyl (C=O) groups is 1. The number of nitrogen functional groups attached to an aromatic ring is 1. The molecule has 7 heteroatoms. The number of rotatable bonds is 3. The van der Waals surface area contributed by atoms with Gasteiger partial charge in [-0.2, -0.15) is 13.2 Å². The van der Waals surface area contributed by atoms with Gasteiger partial charge in [-0.3, -0.25) is 4.79 Å². The van der Waals surface area contributed by atoms with Crippen LogP contribution in [0.3, 0.4) is 0 Å². The smallest absolute Gasteiger partial charge is 0.383 e. The Bertz CT molecular complexity index is 640. The van der Waals surface area contributed by atoms with Crippen LogP contribution in [-0.2, 0) is 0 Å². The number of hydrogen-bond acceptors (Lipinski definition) is 3. The number of anilines is 1. The molecule has 3 N–H and O–H groups in total. The van der Waals surface area contributed by atoms with Crippen LogP contribution in [0.15, 0.2) is 30.3 Å². The van der Waals surface area contributed by atoms with Crippen LogP contribution in [0.25, 0.3) is 10.8 Å². The van der Waals surface area contributed by atoms with E-state index in [1.807, 2.05) is 0 Å². The summed E-state index contributed by atoms with van der Waals surface area (Å²) in [5.41, 5.74) is 5.72. The number of nitrogens with zero attached hydrogens (tertiary/aromatic N) is 1. The van der Waals surface area contributed by atoms with Gasteiger partial charge < -0.3 is 11.1 Å². The first kappa shape index (κ1) is 14.1. The summed E-state index contributed by atoms with van der Waals surface area (Å²) in [5.74, 6) is -0.504. The van der Waals surface area contributed by atoms with Crippen molar-refractivity contribution in [1.82, 2.24) is 10.3 Å². The number of benzene rings is 1. The monoisotopic (exact) mass is 283 g/mol. The molecule has 1 aromatic carbocycles. The fraction of sp³-hybridized carbons (Fsp3) is 0.231. The molecule has 0 fully saturated rings. The van der Waals surface area contributed by atoms with Gasteiger partial charge in [0.25, 0.3) is 5.91 Å². The first-order chi connectivity index (χ1) is 9.37. The van der Waals surface area contributed by atoms with Crippen molar-refractivity contribution in [3.8, 4) is 0 Å². The molecule has 0 saturated heterocycles. The molecule has 0 saturated carbocycles. The molecule has 0 spiro atoms. The lowest BCUT2D eigenvalue weighted by atomic mass is 10.1. The van der Waals surface area contributed by atoms with E-state index in [0.717, 1.165) is 0 Å². The van der Waals surface area contributed by atoms with E-state index in [0.29, 0.717) is 10.8 Å². The summed E-state index contributed by atoms with van der Waals surface area (Å²) in [4.78, 5) is 15.6. The fourth-order valence-electron chi connectivity index (χ4n) is 1.75. The van der Waals surface area contributed by atoms with E-state index in [1.54, 1.807) is 24.3 Å². The van der Waals surface area contributed by atoms with Crippen LogP contribution in [0.2, 0.25) is 0 Å². The van der Waals surface area contributed by atoms with Gasteiger partial charge in [0.05, 0.1) is 6.42 Å². The van der Waals surface area contributed by atoms with Gasteiger partial charge in [-0.05, 0) is 11.5 Å². The third-order valence-electron chi connectivity index (χ3n) is 2.70. The zero-order chi connectivity index (χ0) is 14.8. The molecule has 1 heterocycles. The lowest BCUT2D eigenvalue weighted by molar-refractivity contribution is -0.132. The van der Waals surface area contributed by atoms with Crippen LogP contribution >= 0.6 is 0 Å². The molecular formula is C13H12F3N3O. The number of alkyl halides is 3. The summed E-state index contributed by atoms with van der Waals surface area (Å²) in [5, 5.41) is 3.57. The SMILES string of the molecule is Nc1nc(C(=O)NCCC(F)(F)F)cc2ccccc12. The highest BCUT2D eigenvalue weighted by atomic mass is 19.4.